The van der Waals surface area contributed by atoms with Crippen LogP contribution in [-0.4, -0.2) is 37.0 Å². The lowest BCUT2D eigenvalue weighted by molar-refractivity contribution is -0.142. The summed E-state index contributed by atoms with van der Waals surface area (Å²) in [7, 11) is 2.99. The van der Waals surface area contributed by atoms with Crippen molar-refractivity contribution in [1.29, 1.82) is 0 Å². The molecule has 0 aromatic carbocycles. The van der Waals surface area contributed by atoms with Crippen LogP contribution in [0.3, 0.4) is 0 Å². The van der Waals surface area contributed by atoms with E-state index in [0.29, 0.717) is 6.42 Å². The van der Waals surface area contributed by atoms with Crippen LogP contribution >= 0.6 is 11.8 Å². The third-order valence-corrected chi connectivity index (χ3v) is 3.57. The lowest BCUT2D eigenvalue weighted by Gasteiger charge is -2.09. The summed E-state index contributed by atoms with van der Waals surface area (Å²) in [4.78, 5) is 15.5. The van der Waals surface area contributed by atoms with E-state index in [0.717, 1.165) is 28.6 Å². The van der Waals surface area contributed by atoms with E-state index in [2.05, 4.69) is 9.72 Å². The molecular weight excluding hydrogens is 264 g/mol. The second kappa shape index (κ2) is 8.01. The van der Waals surface area contributed by atoms with Gasteiger partial charge in [-0.25, -0.2) is 0 Å². The Morgan fingerprint density at radius 1 is 1.47 bits per heavy atom. The van der Waals surface area contributed by atoms with Crippen molar-refractivity contribution in [2.45, 2.75) is 25.1 Å². The molecule has 0 aliphatic heterocycles. The summed E-state index contributed by atoms with van der Waals surface area (Å²) in [5.41, 5.74) is 7.55. The standard InChI is InChI=1S/C13H20N2O3S/c1-9-6-11(17-2)7-10(15-9)8-19-5-4-12(14)13(16)18-3/h6-7,12H,4-5,8,14H2,1-3H3. The zero-order valence-electron chi connectivity index (χ0n) is 11.5. The van der Waals surface area contributed by atoms with Crippen molar-refractivity contribution in [3.63, 3.8) is 0 Å². The molecular formula is C13H20N2O3S. The van der Waals surface area contributed by atoms with Gasteiger partial charge in [0.1, 0.15) is 11.8 Å². The molecule has 0 amide bonds. The number of rotatable bonds is 7. The molecule has 2 N–H and O–H groups in total. The van der Waals surface area contributed by atoms with Crippen molar-refractivity contribution in [2.75, 3.05) is 20.0 Å². The maximum atomic E-state index is 11.1. The quantitative estimate of drug-likeness (QED) is 0.604. The number of aryl methyl sites for hydroxylation is 1. The molecule has 5 nitrogen and oxygen atoms in total. The SMILES string of the molecule is COC(=O)C(N)CCSCc1cc(OC)cc(C)n1. The average Bonchev–Trinajstić information content (AvgIpc) is 2.41. The van der Waals surface area contributed by atoms with Gasteiger partial charge in [0.2, 0.25) is 0 Å². The average molecular weight is 284 g/mol. The van der Waals surface area contributed by atoms with Crippen LogP contribution in [0.25, 0.3) is 0 Å². The van der Waals surface area contributed by atoms with Gasteiger partial charge in [-0.3, -0.25) is 9.78 Å². The van der Waals surface area contributed by atoms with Crippen molar-refractivity contribution < 1.29 is 14.3 Å². The van der Waals surface area contributed by atoms with Crippen LogP contribution in [0.2, 0.25) is 0 Å². The number of ether oxygens (including phenoxy) is 2. The number of nitrogens with two attached hydrogens (primary N) is 1. The van der Waals surface area contributed by atoms with Gasteiger partial charge in [-0.15, -0.1) is 0 Å². The fourth-order valence-electron chi connectivity index (χ4n) is 1.55. The maximum absolute atomic E-state index is 11.1. The molecule has 0 aliphatic rings. The fraction of sp³-hybridized carbons (Fsp3) is 0.538. The molecule has 106 valence electrons. The van der Waals surface area contributed by atoms with Crippen LogP contribution in [-0.2, 0) is 15.3 Å². The Kier molecular flexibility index (Phi) is 6.66. The summed E-state index contributed by atoms with van der Waals surface area (Å²) in [6.07, 6.45) is 0.598. The first-order valence-electron chi connectivity index (χ1n) is 5.99. The highest BCUT2D eigenvalue weighted by molar-refractivity contribution is 7.98. The van der Waals surface area contributed by atoms with Crippen molar-refractivity contribution in [3.05, 3.63) is 23.5 Å². The number of aromatic nitrogens is 1. The van der Waals surface area contributed by atoms with Gasteiger partial charge in [-0.05, 0) is 19.1 Å². The first-order valence-corrected chi connectivity index (χ1v) is 7.15. The van der Waals surface area contributed by atoms with Crippen LogP contribution in [0.5, 0.6) is 5.75 Å². The first kappa shape index (κ1) is 15.8. The number of thioether (sulfide) groups is 1. The van der Waals surface area contributed by atoms with E-state index in [-0.39, 0.29) is 5.97 Å². The van der Waals surface area contributed by atoms with Crippen LogP contribution in [0.15, 0.2) is 12.1 Å². The number of hydrogen-bond donors (Lipinski definition) is 1. The summed E-state index contributed by atoms with van der Waals surface area (Å²) in [5.74, 6) is 2.01. The number of carbonyl (C=O) groups is 1. The topological polar surface area (TPSA) is 74.4 Å². The molecule has 0 fully saturated rings. The lowest BCUT2D eigenvalue weighted by atomic mass is 10.2. The number of pyridine rings is 1. The molecule has 1 unspecified atom stereocenters. The second-order valence-electron chi connectivity index (χ2n) is 4.11. The van der Waals surface area contributed by atoms with Gasteiger partial charge < -0.3 is 15.2 Å². The number of methoxy groups -OCH3 is 2. The summed E-state index contributed by atoms with van der Waals surface area (Å²) in [6.45, 7) is 1.93. The molecule has 6 heteroatoms. The molecule has 0 radical (unpaired) electrons. The molecule has 1 heterocycles. The Bertz CT molecular complexity index is 426. The van der Waals surface area contributed by atoms with Gasteiger partial charge >= 0.3 is 5.97 Å². The van der Waals surface area contributed by atoms with Gasteiger partial charge in [-0.1, -0.05) is 0 Å². The van der Waals surface area contributed by atoms with Crippen molar-refractivity contribution in [3.8, 4) is 5.75 Å². The summed E-state index contributed by atoms with van der Waals surface area (Å²) in [6, 6.07) is 3.26. The Hall–Kier alpha value is -1.27. The minimum Gasteiger partial charge on any atom is -0.497 e. The molecule has 0 saturated heterocycles. The van der Waals surface area contributed by atoms with Crippen LogP contribution in [0, 0.1) is 6.92 Å². The predicted molar refractivity (Wildman–Crippen MR) is 76.3 cm³/mol. The van der Waals surface area contributed by atoms with E-state index < -0.39 is 6.04 Å². The van der Waals surface area contributed by atoms with E-state index in [1.165, 1.54) is 7.11 Å². The Morgan fingerprint density at radius 3 is 2.84 bits per heavy atom. The predicted octanol–water partition coefficient (Wildman–Crippen LogP) is 1.52. The fourth-order valence-corrected chi connectivity index (χ4v) is 2.47. The van der Waals surface area contributed by atoms with E-state index in [1.807, 2.05) is 19.1 Å². The molecule has 19 heavy (non-hydrogen) atoms. The van der Waals surface area contributed by atoms with Crippen molar-refractivity contribution in [1.82, 2.24) is 4.98 Å². The van der Waals surface area contributed by atoms with E-state index >= 15 is 0 Å². The third-order valence-electron chi connectivity index (χ3n) is 2.54. The van der Waals surface area contributed by atoms with Crippen molar-refractivity contribution in [2.24, 2.45) is 5.73 Å². The van der Waals surface area contributed by atoms with Gasteiger partial charge in [0, 0.05) is 23.6 Å². The van der Waals surface area contributed by atoms with E-state index in [9.17, 15) is 4.79 Å². The van der Waals surface area contributed by atoms with Crippen LogP contribution in [0.1, 0.15) is 17.8 Å². The number of nitrogens with zero attached hydrogens (tertiary/aromatic N) is 1. The van der Waals surface area contributed by atoms with Gasteiger partial charge in [0.05, 0.1) is 19.9 Å². The number of carbonyl (C=O) groups excluding carboxylic acids is 1. The highest BCUT2D eigenvalue weighted by Crippen LogP contribution is 2.18. The third kappa shape index (κ3) is 5.48. The summed E-state index contributed by atoms with van der Waals surface area (Å²) in [5, 5.41) is 0. The smallest absolute Gasteiger partial charge is 0.322 e. The van der Waals surface area contributed by atoms with Gasteiger partial charge in [0.25, 0.3) is 0 Å². The minimum absolute atomic E-state index is 0.365. The van der Waals surface area contributed by atoms with Gasteiger partial charge in [0.15, 0.2) is 0 Å². The highest BCUT2D eigenvalue weighted by Gasteiger charge is 2.12. The molecule has 1 atom stereocenters. The molecule has 0 saturated carbocycles. The largest absolute Gasteiger partial charge is 0.497 e. The normalized spacial score (nSPS) is 12.0. The number of hydrogen-bond acceptors (Lipinski definition) is 6. The lowest BCUT2D eigenvalue weighted by Crippen LogP contribution is -2.31. The Labute approximate surface area is 117 Å². The van der Waals surface area contributed by atoms with Crippen LogP contribution < -0.4 is 10.5 Å². The Balaban J connectivity index is 2.37. The van der Waals surface area contributed by atoms with E-state index in [1.54, 1.807) is 18.9 Å². The highest BCUT2D eigenvalue weighted by atomic mass is 32.2. The second-order valence-corrected chi connectivity index (χ2v) is 5.22. The zero-order valence-corrected chi connectivity index (χ0v) is 12.3. The minimum atomic E-state index is -0.544. The monoisotopic (exact) mass is 284 g/mol. The molecule has 1 aromatic heterocycles. The first-order chi connectivity index (χ1) is 9.06. The molecule has 1 aromatic rings. The van der Waals surface area contributed by atoms with E-state index in [4.69, 9.17) is 10.5 Å². The van der Waals surface area contributed by atoms with Gasteiger partial charge in [-0.2, -0.15) is 11.8 Å². The molecule has 0 spiro atoms. The van der Waals surface area contributed by atoms with Crippen molar-refractivity contribution >= 4 is 17.7 Å². The molecule has 0 bridgehead atoms. The molecule has 1 rings (SSSR count). The maximum Gasteiger partial charge on any atom is 0.322 e. The zero-order chi connectivity index (χ0) is 14.3. The Morgan fingerprint density at radius 2 is 2.21 bits per heavy atom. The number of esters is 1. The summed E-state index contributed by atoms with van der Waals surface area (Å²) >= 11 is 1.68. The summed E-state index contributed by atoms with van der Waals surface area (Å²) < 4.78 is 9.77. The van der Waals surface area contributed by atoms with Crippen LogP contribution in [0.4, 0.5) is 0 Å². The molecule has 0 aliphatic carbocycles.